The number of hydrogen-bond acceptors (Lipinski definition) is 4. The first-order valence-corrected chi connectivity index (χ1v) is 9.97. The Morgan fingerprint density at radius 2 is 1.38 bits per heavy atom. The highest BCUT2D eigenvalue weighted by Crippen LogP contribution is 2.48. The number of imide groups is 1. The fraction of sp³-hybridized carbons (Fsp3) is 0.167. The zero-order valence-electron chi connectivity index (χ0n) is 16.6. The van der Waals surface area contributed by atoms with E-state index in [1.165, 1.54) is 17.2 Å². The summed E-state index contributed by atoms with van der Waals surface area (Å²) in [6.07, 6.45) is -5.68. The van der Waals surface area contributed by atoms with Gasteiger partial charge in [-0.2, -0.15) is 13.2 Å². The van der Waals surface area contributed by atoms with Gasteiger partial charge in [-0.15, -0.1) is 0 Å². The molecule has 3 aromatic rings. The van der Waals surface area contributed by atoms with Crippen molar-refractivity contribution in [3.8, 4) is 0 Å². The van der Waals surface area contributed by atoms with E-state index in [0.717, 1.165) is 17.0 Å². The molecule has 2 aliphatic rings. The Morgan fingerprint density at radius 1 is 0.750 bits per heavy atom. The number of amides is 2. The van der Waals surface area contributed by atoms with E-state index in [1.54, 1.807) is 60.7 Å². The van der Waals surface area contributed by atoms with Gasteiger partial charge in [-0.25, -0.2) is 9.96 Å². The molecule has 0 aromatic heterocycles. The van der Waals surface area contributed by atoms with Crippen LogP contribution in [0.4, 0.5) is 24.5 Å². The third-order valence-corrected chi connectivity index (χ3v) is 5.70. The van der Waals surface area contributed by atoms with Gasteiger partial charge >= 0.3 is 6.18 Å². The van der Waals surface area contributed by atoms with E-state index < -0.39 is 41.6 Å². The minimum absolute atomic E-state index is 0.243. The number of carbonyl (C=O) groups excluding carboxylic acids is 2. The molecule has 8 heteroatoms. The molecule has 3 atom stereocenters. The van der Waals surface area contributed by atoms with E-state index in [1.807, 2.05) is 0 Å². The normalized spacial score (nSPS) is 23.0. The molecule has 0 radical (unpaired) electrons. The highest BCUT2D eigenvalue weighted by molar-refractivity contribution is 6.23. The van der Waals surface area contributed by atoms with Crippen molar-refractivity contribution in [3.63, 3.8) is 0 Å². The number of alkyl halides is 3. The van der Waals surface area contributed by atoms with Crippen molar-refractivity contribution in [1.29, 1.82) is 0 Å². The van der Waals surface area contributed by atoms with E-state index in [2.05, 4.69) is 0 Å². The van der Waals surface area contributed by atoms with Crippen molar-refractivity contribution in [3.05, 3.63) is 96.1 Å². The van der Waals surface area contributed by atoms with Gasteiger partial charge in [0.15, 0.2) is 6.10 Å². The lowest BCUT2D eigenvalue weighted by Gasteiger charge is -2.29. The highest BCUT2D eigenvalue weighted by atomic mass is 19.4. The van der Waals surface area contributed by atoms with Gasteiger partial charge in [0.2, 0.25) is 5.91 Å². The number of halogens is 3. The zero-order chi connectivity index (χ0) is 22.5. The number of para-hydroxylation sites is 2. The van der Waals surface area contributed by atoms with Gasteiger partial charge in [0.05, 0.1) is 23.0 Å². The highest BCUT2D eigenvalue weighted by Gasteiger charge is 2.60. The van der Waals surface area contributed by atoms with Gasteiger partial charge in [0, 0.05) is 0 Å². The molecule has 162 valence electrons. The summed E-state index contributed by atoms with van der Waals surface area (Å²) >= 11 is 0. The first-order valence-electron chi connectivity index (χ1n) is 9.97. The number of rotatable bonds is 3. The van der Waals surface area contributed by atoms with Crippen LogP contribution in [0.25, 0.3) is 0 Å². The van der Waals surface area contributed by atoms with E-state index >= 15 is 0 Å². The van der Waals surface area contributed by atoms with Crippen molar-refractivity contribution in [2.24, 2.45) is 5.92 Å². The molecule has 5 rings (SSSR count). The number of hydrogen-bond donors (Lipinski definition) is 0. The molecule has 0 spiro atoms. The zero-order valence-corrected chi connectivity index (χ0v) is 16.6. The maximum Gasteiger partial charge on any atom is 0.416 e. The van der Waals surface area contributed by atoms with Crippen LogP contribution in [-0.4, -0.2) is 17.9 Å². The lowest BCUT2D eigenvalue weighted by atomic mass is 9.89. The largest absolute Gasteiger partial charge is 0.416 e. The third kappa shape index (κ3) is 3.23. The van der Waals surface area contributed by atoms with Crippen molar-refractivity contribution in [2.45, 2.75) is 18.3 Å². The predicted octanol–water partition coefficient (Wildman–Crippen LogP) is 4.76. The summed E-state index contributed by atoms with van der Waals surface area (Å²) in [5, 5.41) is 1.38. The van der Waals surface area contributed by atoms with Gasteiger partial charge in [-0.3, -0.25) is 14.4 Å². The van der Waals surface area contributed by atoms with Crippen LogP contribution in [0.15, 0.2) is 84.9 Å². The topological polar surface area (TPSA) is 49.9 Å². The monoisotopic (exact) mass is 438 g/mol. The lowest BCUT2D eigenvalue weighted by molar-refractivity contribution is -0.137. The Kier molecular flexibility index (Phi) is 4.74. The molecule has 2 heterocycles. The number of hydroxylamine groups is 1. The number of carbonyl (C=O) groups is 2. The van der Waals surface area contributed by atoms with Gasteiger partial charge in [0.25, 0.3) is 5.91 Å². The second-order valence-electron chi connectivity index (χ2n) is 7.63. The van der Waals surface area contributed by atoms with Gasteiger partial charge in [-0.05, 0) is 42.0 Å². The molecular formula is C24H17F3N2O3. The second-order valence-corrected chi connectivity index (χ2v) is 7.63. The number of nitrogens with zero attached hydrogens (tertiary/aromatic N) is 2. The molecule has 32 heavy (non-hydrogen) atoms. The minimum Gasteiger partial charge on any atom is -0.273 e. The maximum absolute atomic E-state index is 13.4. The molecule has 2 saturated heterocycles. The van der Waals surface area contributed by atoms with Crippen molar-refractivity contribution >= 4 is 23.2 Å². The summed E-state index contributed by atoms with van der Waals surface area (Å²) in [6.45, 7) is 0. The van der Waals surface area contributed by atoms with E-state index in [4.69, 9.17) is 4.84 Å². The Labute approximate surface area is 181 Å². The maximum atomic E-state index is 13.4. The van der Waals surface area contributed by atoms with Crippen molar-refractivity contribution in [1.82, 2.24) is 0 Å². The van der Waals surface area contributed by atoms with E-state index in [9.17, 15) is 22.8 Å². The van der Waals surface area contributed by atoms with Crippen LogP contribution < -0.4 is 9.96 Å². The SMILES string of the molecule is O=C1[C@H]2[C@@H](c3cccc(C(F)(F)F)c3)N(c3ccccc3)O[C@H]2C(=O)N1c1ccccc1. The molecule has 0 N–H and O–H groups in total. The summed E-state index contributed by atoms with van der Waals surface area (Å²) in [5.74, 6) is -2.04. The van der Waals surface area contributed by atoms with Crippen molar-refractivity contribution < 1.29 is 27.6 Å². The van der Waals surface area contributed by atoms with Gasteiger partial charge < -0.3 is 0 Å². The van der Waals surface area contributed by atoms with Crippen LogP contribution in [0.3, 0.4) is 0 Å². The van der Waals surface area contributed by atoms with Gasteiger partial charge in [-0.1, -0.05) is 48.5 Å². The van der Waals surface area contributed by atoms with Crippen LogP contribution in [0, 0.1) is 5.92 Å². The summed E-state index contributed by atoms with van der Waals surface area (Å²) < 4.78 is 40.2. The first kappa shape index (κ1) is 20.3. The summed E-state index contributed by atoms with van der Waals surface area (Å²) in [6, 6.07) is 21.0. The molecule has 2 amide bonds. The van der Waals surface area contributed by atoms with Gasteiger partial charge in [0.1, 0.15) is 5.92 Å². The Bertz CT molecular complexity index is 1170. The van der Waals surface area contributed by atoms with Crippen LogP contribution in [-0.2, 0) is 20.6 Å². The number of benzene rings is 3. The quantitative estimate of drug-likeness (QED) is 0.554. The van der Waals surface area contributed by atoms with Crippen LogP contribution in [0.5, 0.6) is 0 Å². The molecule has 0 aliphatic carbocycles. The fourth-order valence-corrected chi connectivity index (χ4v) is 4.28. The Balaban J connectivity index is 1.61. The van der Waals surface area contributed by atoms with E-state index in [-0.39, 0.29) is 5.56 Å². The Morgan fingerprint density at radius 3 is 2.00 bits per heavy atom. The predicted molar refractivity (Wildman–Crippen MR) is 110 cm³/mol. The summed E-state index contributed by atoms with van der Waals surface area (Å²) in [7, 11) is 0. The standard InChI is InChI=1S/C24H17F3N2O3/c25-24(26,27)16-9-7-8-15(14-16)20-19-21(32-29(20)18-12-5-2-6-13-18)23(31)28(22(19)30)17-10-3-1-4-11-17/h1-14,19-21H/t19-,20+,21+/m0/s1. The summed E-state index contributed by atoms with van der Waals surface area (Å²) in [5.41, 5.74) is 0.348. The van der Waals surface area contributed by atoms with Crippen LogP contribution in [0.2, 0.25) is 0 Å². The van der Waals surface area contributed by atoms with E-state index in [0.29, 0.717) is 11.4 Å². The lowest BCUT2D eigenvalue weighted by Crippen LogP contribution is -2.37. The summed E-state index contributed by atoms with van der Waals surface area (Å²) in [4.78, 5) is 33.6. The molecule has 0 bridgehead atoms. The second kappa shape index (κ2) is 7.49. The fourth-order valence-electron chi connectivity index (χ4n) is 4.28. The molecular weight excluding hydrogens is 421 g/mol. The molecule has 3 aromatic carbocycles. The molecule has 0 saturated carbocycles. The van der Waals surface area contributed by atoms with Crippen molar-refractivity contribution in [2.75, 3.05) is 9.96 Å². The number of anilines is 2. The first-order chi connectivity index (χ1) is 15.4. The number of fused-ring (bicyclic) bond motifs is 1. The van der Waals surface area contributed by atoms with Crippen LogP contribution >= 0.6 is 0 Å². The molecule has 2 fully saturated rings. The minimum atomic E-state index is -4.54. The molecule has 5 nitrogen and oxygen atoms in total. The molecule has 2 aliphatic heterocycles. The molecule has 0 unspecified atom stereocenters. The smallest absolute Gasteiger partial charge is 0.273 e. The average Bonchev–Trinajstić information content (AvgIpc) is 3.30. The third-order valence-electron chi connectivity index (χ3n) is 5.70. The Hall–Kier alpha value is -3.65. The average molecular weight is 438 g/mol. The van der Waals surface area contributed by atoms with Crippen LogP contribution in [0.1, 0.15) is 17.2 Å².